The molecule has 0 bridgehead atoms. The molecular weight excluding hydrogens is 533 g/mol. The average molecular weight is 559 g/mol. The van der Waals surface area contributed by atoms with Crippen LogP contribution in [0.1, 0.15) is 11.3 Å². The average Bonchev–Trinajstić information content (AvgIpc) is 3.31. The Balaban J connectivity index is 1.44. The first-order chi connectivity index (χ1) is 16.7. The molecule has 8 nitrogen and oxygen atoms in total. The number of thiazole rings is 1. The lowest BCUT2D eigenvalue weighted by Gasteiger charge is -2.33. The minimum absolute atomic E-state index is 0.102. The molecule has 35 heavy (non-hydrogen) atoms. The zero-order chi connectivity index (χ0) is 25.2. The smallest absolute Gasteiger partial charge is 0.243 e. The highest BCUT2D eigenvalue weighted by Gasteiger charge is 2.30. The first kappa shape index (κ1) is 25.8. The van der Waals surface area contributed by atoms with Crippen LogP contribution >= 0.6 is 34.5 Å². The van der Waals surface area contributed by atoms with E-state index in [1.165, 1.54) is 33.8 Å². The molecule has 188 valence electrons. The van der Waals surface area contributed by atoms with Crippen LogP contribution in [0.15, 0.2) is 40.6 Å². The summed E-state index contributed by atoms with van der Waals surface area (Å²) in [6.45, 7) is 1.75. The van der Waals surface area contributed by atoms with Gasteiger partial charge in [0.15, 0.2) is 16.6 Å². The van der Waals surface area contributed by atoms with Gasteiger partial charge in [0.25, 0.3) is 0 Å². The van der Waals surface area contributed by atoms with Crippen LogP contribution in [-0.2, 0) is 16.4 Å². The normalized spacial score (nSPS) is 14.7. The predicted octanol–water partition coefficient (Wildman–Crippen LogP) is 4.58. The number of methoxy groups -OCH3 is 3. The van der Waals surface area contributed by atoms with E-state index in [2.05, 4.69) is 4.90 Å². The molecule has 1 saturated heterocycles. The summed E-state index contributed by atoms with van der Waals surface area (Å²) in [5.74, 6) is 1.73. The topological polar surface area (TPSA) is 81.2 Å². The van der Waals surface area contributed by atoms with Crippen LogP contribution in [0.5, 0.6) is 17.2 Å². The van der Waals surface area contributed by atoms with Crippen molar-refractivity contribution in [3.63, 3.8) is 0 Å². The molecule has 2 heterocycles. The van der Waals surface area contributed by atoms with Gasteiger partial charge in [0.1, 0.15) is 0 Å². The molecule has 1 aliphatic heterocycles. The summed E-state index contributed by atoms with van der Waals surface area (Å²) >= 11 is 13.5. The molecule has 0 aliphatic carbocycles. The van der Waals surface area contributed by atoms with Crippen LogP contribution in [0, 0.1) is 0 Å². The van der Waals surface area contributed by atoms with Crippen molar-refractivity contribution >= 4 is 49.7 Å². The lowest BCUT2D eigenvalue weighted by Crippen LogP contribution is -2.48. The molecule has 1 aromatic heterocycles. The fourth-order valence-electron chi connectivity index (χ4n) is 3.92. The number of hydrogen-bond donors (Lipinski definition) is 0. The molecule has 12 heteroatoms. The Labute approximate surface area is 219 Å². The molecule has 3 aromatic rings. The van der Waals surface area contributed by atoms with Gasteiger partial charge < -0.3 is 19.1 Å². The Bertz CT molecular complexity index is 1260. The van der Waals surface area contributed by atoms with Crippen LogP contribution in [0.25, 0.3) is 0 Å². The van der Waals surface area contributed by atoms with Gasteiger partial charge in [-0.25, -0.2) is 13.4 Å². The Morgan fingerprint density at radius 2 is 1.51 bits per heavy atom. The number of halogens is 2. The second-order valence-electron chi connectivity index (χ2n) is 7.83. The van der Waals surface area contributed by atoms with Crippen LogP contribution in [0.3, 0.4) is 0 Å². The Morgan fingerprint density at radius 1 is 0.914 bits per heavy atom. The molecule has 4 rings (SSSR count). The monoisotopic (exact) mass is 557 g/mol. The number of nitrogens with zero attached hydrogens (tertiary/aromatic N) is 3. The molecule has 2 aromatic carbocycles. The number of aromatic nitrogens is 1. The second-order valence-corrected chi connectivity index (χ2v) is 11.5. The molecule has 0 atom stereocenters. The summed E-state index contributed by atoms with van der Waals surface area (Å²) in [4.78, 5) is 6.98. The second kappa shape index (κ2) is 10.8. The Hall–Kier alpha value is -2.24. The third-order valence-electron chi connectivity index (χ3n) is 5.63. The summed E-state index contributed by atoms with van der Waals surface area (Å²) in [5.41, 5.74) is 1.88. The van der Waals surface area contributed by atoms with Crippen molar-refractivity contribution in [1.29, 1.82) is 0 Å². The van der Waals surface area contributed by atoms with Crippen LogP contribution in [0.4, 0.5) is 5.13 Å². The number of hydrogen-bond acceptors (Lipinski definition) is 8. The van der Waals surface area contributed by atoms with Crippen molar-refractivity contribution in [3.8, 4) is 17.2 Å². The van der Waals surface area contributed by atoms with Gasteiger partial charge in [-0.1, -0.05) is 23.2 Å². The van der Waals surface area contributed by atoms with Crippen molar-refractivity contribution in [1.82, 2.24) is 9.29 Å². The number of ether oxygens (including phenoxy) is 3. The largest absolute Gasteiger partial charge is 0.493 e. The number of anilines is 1. The molecule has 1 aliphatic rings. The van der Waals surface area contributed by atoms with Crippen molar-refractivity contribution in [2.24, 2.45) is 0 Å². The highest BCUT2D eigenvalue weighted by molar-refractivity contribution is 7.89. The van der Waals surface area contributed by atoms with Gasteiger partial charge >= 0.3 is 0 Å². The lowest BCUT2D eigenvalue weighted by molar-refractivity contribution is 0.324. The van der Waals surface area contributed by atoms with Crippen LogP contribution in [-0.4, -0.2) is 65.2 Å². The zero-order valence-electron chi connectivity index (χ0n) is 19.5. The van der Waals surface area contributed by atoms with Crippen molar-refractivity contribution in [3.05, 3.63) is 57.0 Å². The first-order valence-corrected chi connectivity index (χ1v) is 13.8. The molecular formula is C23H25Cl2N3O5S2. The SMILES string of the molecule is COc1cc(Cc2csc(N3CCN(S(=O)(=O)c4cc(Cl)cc(Cl)c4)CC3)n2)cc(OC)c1OC. The first-order valence-electron chi connectivity index (χ1n) is 10.7. The summed E-state index contributed by atoms with van der Waals surface area (Å²) in [6.07, 6.45) is 0.594. The minimum atomic E-state index is -3.68. The maximum absolute atomic E-state index is 13.0. The predicted molar refractivity (Wildman–Crippen MR) is 138 cm³/mol. The standard InChI is InChI=1S/C23H25Cl2N3O5S2/c1-31-20-9-15(10-21(32-2)22(20)33-3)8-18-14-34-23(26-18)27-4-6-28(7-5-27)35(29,30)19-12-16(24)11-17(25)13-19/h9-14H,4-8H2,1-3H3. The molecule has 0 amide bonds. The van der Waals surface area contributed by atoms with Gasteiger partial charge in [0.2, 0.25) is 15.8 Å². The molecule has 0 N–H and O–H groups in total. The van der Waals surface area contributed by atoms with Gasteiger partial charge in [-0.05, 0) is 35.9 Å². The van der Waals surface area contributed by atoms with Crippen molar-refractivity contribution < 1.29 is 22.6 Å². The maximum Gasteiger partial charge on any atom is 0.243 e. The zero-order valence-corrected chi connectivity index (χ0v) is 22.6. The number of rotatable bonds is 8. The fraction of sp³-hybridized carbons (Fsp3) is 0.348. The van der Waals surface area contributed by atoms with E-state index in [-0.39, 0.29) is 14.9 Å². The lowest BCUT2D eigenvalue weighted by atomic mass is 10.1. The molecule has 0 saturated carbocycles. The van der Waals surface area contributed by atoms with E-state index in [0.29, 0.717) is 49.8 Å². The number of sulfonamides is 1. The van der Waals surface area contributed by atoms with Gasteiger partial charge in [-0.2, -0.15) is 4.31 Å². The molecule has 0 spiro atoms. The van der Waals surface area contributed by atoms with E-state index < -0.39 is 10.0 Å². The van der Waals surface area contributed by atoms with E-state index in [9.17, 15) is 8.42 Å². The molecule has 0 radical (unpaired) electrons. The van der Waals surface area contributed by atoms with Crippen LogP contribution < -0.4 is 19.1 Å². The van der Waals surface area contributed by atoms with Gasteiger partial charge in [0, 0.05) is 48.0 Å². The fourth-order valence-corrected chi connectivity index (χ4v) is 6.94. The summed E-state index contributed by atoms with van der Waals surface area (Å²) in [7, 11) is 1.06. The minimum Gasteiger partial charge on any atom is -0.493 e. The van der Waals surface area contributed by atoms with Gasteiger partial charge in [-0.3, -0.25) is 0 Å². The Morgan fingerprint density at radius 3 is 2.06 bits per heavy atom. The highest BCUT2D eigenvalue weighted by atomic mass is 35.5. The van der Waals surface area contributed by atoms with E-state index in [0.717, 1.165) is 16.4 Å². The molecule has 1 fully saturated rings. The van der Waals surface area contributed by atoms with Crippen LogP contribution in [0.2, 0.25) is 10.0 Å². The summed E-state index contributed by atoms with van der Waals surface area (Å²) < 4.78 is 43.8. The van der Waals surface area contributed by atoms with E-state index in [1.54, 1.807) is 21.3 Å². The Kier molecular flexibility index (Phi) is 7.97. The van der Waals surface area contributed by atoms with E-state index >= 15 is 0 Å². The number of benzene rings is 2. The third kappa shape index (κ3) is 5.62. The van der Waals surface area contributed by atoms with Gasteiger partial charge in [-0.15, -0.1) is 11.3 Å². The van der Waals surface area contributed by atoms with Crippen molar-refractivity contribution in [2.75, 3.05) is 52.4 Å². The number of piperazine rings is 1. The molecule has 0 unspecified atom stereocenters. The summed E-state index contributed by atoms with van der Waals surface area (Å²) in [5, 5.41) is 3.44. The van der Waals surface area contributed by atoms with Gasteiger partial charge in [0.05, 0.1) is 31.9 Å². The third-order valence-corrected chi connectivity index (χ3v) is 8.90. The van der Waals surface area contributed by atoms with Crippen molar-refractivity contribution in [2.45, 2.75) is 11.3 Å². The summed E-state index contributed by atoms with van der Waals surface area (Å²) in [6, 6.07) is 8.17. The highest BCUT2D eigenvalue weighted by Crippen LogP contribution is 2.39. The quantitative estimate of drug-likeness (QED) is 0.401. The maximum atomic E-state index is 13.0. The van der Waals surface area contributed by atoms with E-state index in [4.69, 9.17) is 42.4 Å². The van der Waals surface area contributed by atoms with E-state index in [1.807, 2.05) is 17.5 Å².